The van der Waals surface area contributed by atoms with E-state index in [1.54, 1.807) is 18.2 Å². The minimum atomic E-state index is -0.697. The zero-order valence-corrected chi connectivity index (χ0v) is 16.0. The van der Waals surface area contributed by atoms with Crippen molar-refractivity contribution < 1.29 is 23.5 Å². The van der Waals surface area contributed by atoms with Gasteiger partial charge >= 0.3 is 0 Å². The number of benzene rings is 2. The number of nitrogens with zero attached hydrogens (tertiary/aromatic N) is 1. The van der Waals surface area contributed by atoms with E-state index in [2.05, 4.69) is 5.32 Å². The summed E-state index contributed by atoms with van der Waals surface area (Å²) in [5, 5.41) is 3.62. The van der Waals surface area contributed by atoms with Crippen LogP contribution in [0.15, 0.2) is 30.3 Å². The number of nitrogens with one attached hydrogen (secondary N) is 1. The summed E-state index contributed by atoms with van der Waals surface area (Å²) in [4.78, 5) is 25.5. The summed E-state index contributed by atoms with van der Waals surface area (Å²) in [6.07, 6.45) is -0.167. The Bertz CT molecular complexity index is 963. The summed E-state index contributed by atoms with van der Waals surface area (Å²) in [5.41, 5.74) is 0.961. The molecule has 0 unspecified atom stereocenters. The number of anilines is 1. The van der Waals surface area contributed by atoms with Gasteiger partial charge in [-0.15, -0.1) is 0 Å². The molecule has 0 atom stereocenters. The van der Waals surface area contributed by atoms with Gasteiger partial charge in [0.25, 0.3) is 11.8 Å². The molecule has 2 aliphatic heterocycles. The van der Waals surface area contributed by atoms with Gasteiger partial charge in [-0.1, -0.05) is 29.3 Å². The summed E-state index contributed by atoms with van der Waals surface area (Å²) in [6.45, 7) is 0.786. The highest BCUT2D eigenvalue weighted by atomic mass is 35.5. The van der Waals surface area contributed by atoms with Crippen LogP contribution in [0.3, 0.4) is 0 Å². The molecule has 0 bridgehead atoms. The van der Waals surface area contributed by atoms with Gasteiger partial charge in [0.05, 0.1) is 24.0 Å². The number of amides is 2. The van der Waals surface area contributed by atoms with Crippen LogP contribution in [0.2, 0.25) is 10.0 Å². The first-order valence-electron chi connectivity index (χ1n) is 8.51. The van der Waals surface area contributed by atoms with Gasteiger partial charge in [0.2, 0.25) is 0 Å². The van der Waals surface area contributed by atoms with E-state index in [1.807, 2.05) is 0 Å². The molecule has 28 heavy (non-hydrogen) atoms. The van der Waals surface area contributed by atoms with Crippen LogP contribution in [0, 0.1) is 5.82 Å². The quantitative estimate of drug-likeness (QED) is 0.815. The van der Waals surface area contributed by atoms with Gasteiger partial charge in [-0.25, -0.2) is 4.39 Å². The molecule has 1 N–H and O–H groups in total. The lowest BCUT2D eigenvalue weighted by molar-refractivity contribution is -0.118. The molecule has 6 nitrogen and oxygen atoms in total. The fourth-order valence-corrected chi connectivity index (χ4v) is 3.45. The van der Waals surface area contributed by atoms with Crippen LogP contribution in [0.1, 0.15) is 15.9 Å². The van der Waals surface area contributed by atoms with Crippen LogP contribution >= 0.6 is 23.2 Å². The average molecular weight is 425 g/mol. The summed E-state index contributed by atoms with van der Waals surface area (Å²) in [5.74, 6) is -1.31. The molecule has 0 saturated carbocycles. The Morgan fingerprint density at radius 3 is 2.82 bits per heavy atom. The molecule has 4 rings (SSSR count). The Balaban J connectivity index is 1.36. The lowest BCUT2D eigenvalue weighted by Gasteiger charge is -2.39. The second kappa shape index (κ2) is 7.58. The Hall–Kier alpha value is -2.35. The maximum Gasteiger partial charge on any atom is 0.262 e. The van der Waals surface area contributed by atoms with Crippen LogP contribution in [0.25, 0.3) is 0 Å². The first-order valence-corrected chi connectivity index (χ1v) is 9.27. The Morgan fingerprint density at radius 1 is 1.29 bits per heavy atom. The number of rotatable bonds is 4. The van der Waals surface area contributed by atoms with E-state index in [1.165, 1.54) is 11.0 Å². The molecular weight excluding hydrogens is 410 g/mol. The minimum absolute atomic E-state index is 0.122. The van der Waals surface area contributed by atoms with Gasteiger partial charge < -0.3 is 19.7 Å². The fourth-order valence-electron chi connectivity index (χ4n) is 2.99. The van der Waals surface area contributed by atoms with Crippen molar-refractivity contribution in [2.75, 3.05) is 25.0 Å². The molecule has 146 valence electrons. The maximum atomic E-state index is 14.3. The molecule has 2 aromatic rings. The summed E-state index contributed by atoms with van der Waals surface area (Å²) in [6, 6.07) is 7.55. The number of carbonyl (C=O) groups is 2. The molecule has 2 amide bonds. The maximum absolute atomic E-state index is 14.3. The van der Waals surface area contributed by atoms with Gasteiger partial charge in [-0.2, -0.15) is 0 Å². The van der Waals surface area contributed by atoms with Crippen LogP contribution in [-0.2, 0) is 16.1 Å². The van der Waals surface area contributed by atoms with E-state index in [9.17, 15) is 14.0 Å². The van der Waals surface area contributed by atoms with Gasteiger partial charge in [0.1, 0.15) is 11.6 Å². The molecule has 0 aromatic heterocycles. The third-order valence-electron chi connectivity index (χ3n) is 4.56. The topological polar surface area (TPSA) is 67.9 Å². The molecule has 0 aliphatic carbocycles. The molecule has 1 fully saturated rings. The van der Waals surface area contributed by atoms with E-state index >= 15 is 0 Å². The highest BCUT2D eigenvalue weighted by Gasteiger charge is 2.34. The molecule has 2 heterocycles. The molecule has 1 saturated heterocycles. The van der Waals surface area contributed by atoms with E-state index in [-0.39, 0.29) is 35.6 Å². The van der Waals surface area contributed by atoms with Gasteiger partial charge in [-0.3, -0.25) is 9.59 Å². The normalized spacial score (nSPS) is 16.1. The van der Waals surface area contributed by atoms with Crippen molar-refractivity contribution in [2.45, 2.75) is 12.7 Å². The predicted molar refractivity (Wildman–Crippen MR) is 101 cm³/mol. The fraction of sp³-hybridized carbons (Fsp3) is 0.263. The van der Waals surface area contributed by atoms with Crippen LogP contribution in [0.4, 0.5) is 10.1 Å². The minimum Gasteiger partial charge on any atom is -0.481 e. The second-order valence-electron chi connectivity index (χ2n) is 6.54. The van der Waals surface area contributed by atoms with Crippen molar-refractivity contribution in [3.8, 4) is 5.75 Å². The number of fused-ring (bicyclic) bond motifs is 1. The predicted octanol–water partition coefficient (Wildman–Crippen LogP) is 3.50. The molecule has 0 spiro atoms. The first-order chi connectivity index (χ1) is 13.4. The number of hydrogen-bond donors (Lipinski definition) is 1. The lowest BCUT2D eigenvalue weighted by atomic mass is 10.1. The third-order valence-corrected chi connectivity index (χ3v) is 5.14. The zero-order chi connectivity index (χ0) is 19.8. The average Bonchev–Trinajstić information content (AvgIpc) is 2.61. The van der Waals surface area contributed by atoms with Gasteiger partial charge in [0, 0.05) is 29.2 Å². The van der Waals surface area contributed by atoms with Crippen LogP contribution in [-0.4, -0.2) is 42.5 Å². The monoisotopic (exact) mass is 424 g/mol. The first kappa shape index (κ1) is 19.0. The molecule has 9 heteroatoms. The van der Waals surface area contributed by atoms with Gasteiger partial charge in [0.15, 0.2) is 6.61 Å². The Labute approximate surface area is 170 Å². The highest BCUT2D eigenvalue weighted by molar-refractivity contribution is 6.35. The van der Waals surface area contributed by atoms with Crippen molar-refractivity contribution >= 4 is 40.7 Å². The molecule has 2 aromatic carbocycles. The smallest absolute Gasteiger partial charge is 0.262 e. The third kappa shape index (κ3) is 3.78. The van der Waals surface area contributed by atoms with Crippen LogP contribution < -0.4 is 10.1 Å². The Kier molecular flexibility index (Phi) is 5.14. The number of likely N-dealkylation sites (tertiary alicyclic amines) is 1. The number of hydrogen-bond acceptors (Lipinski definition) is 4. The summed E-state index contributed by atoms with van der Waals surface area (Å²) in [7, 11) is 0. The standard InChI is InChI=1S/C19H15Cl2FN2O4/c20-11-2-1-10(14(21)3-11)8-27-12-6-24(7-12)19(26)13-4-16-17(5-15(13)22)28-9-18(25)23-16/h1-5,12H,6-9H2,(H,23,25). The van der Waals surface area contributed by atoms with E-state index in [4.69, 9.17) is 32.7 Å². The summed E-state index contributed by atoms with van der Waals surface area (Å²) >= 11 is 12.0. The van der Waals surface area contributed by atoms with Crippen molar-refractivity contribution in [3.05, 3.63) is 57.3 Å². The second-order valence-corrected chi connectivity index (χ2v) is 7.39. The molecule has 2 aliphatic rings. The SMILES string of the molecule is O=C1COc2cc(F)c(C(=O)N3CC(OCc4ccc(Cl)cc4Cl)C3)cc2N1. The largest absolute Gasteiger partial charge is 0.481 e. The molecular formula is C19H15Cl2FN2O4. The highest BCUT2D eigenvalue weighted by Crippen LogP contribution is 2.32. The van der Waals surface area contributed by atoms with Crippen molar-refractivity contribution in [2.24, 2.45) is 0 Å². The van der Waals surface area contributed by atoms with E-state index in [0.717, 1.165) is 11.6 Å². The van der Waals surface area contributed by atoms with Crippen LogP contribution in [0.5, 0.6) is 5.75 Å². The Morgan fingerprint density at radius 2 is 2.07 bits per heavy atom. The van der Waals surface area contributed by atoms with Crippen molar-refractivity contribution in [1.82, 2.24) is 4.90 Å². The summed E-state index contributed by atoms with van der Waals surface area (Å²) < 4.78 is 25.2. The van der Waals surface area contributed by atoms with Gasteiger partial charge in [-0.05, 0) is 23.8 Å². The van der Waals surface area contributed by atoms with Crippen molar-refractivity contribution in [3.63, 3.8) is 0 Å². The molecule has 0 radical (unpaired) electrons. The zero-order valence-electron chi connectivity index (χ0n) is 14.5. The van der Waals surface area contributed by atoms with Crippen molar-refractivity contribution in [1.29, 1.82) is 0 Å². The number of halogens is 3. The lowest BCUT2D eigenvalue weighted by Crippen LogP contribution is -2.54. The number of carbonyl (C=O) groups excluding carboxylic acids is 2. The number of ether oxygens (including phenoxy) is 2. The van der Waals surface area contributed by atoms with E-state index < -0.39 is 11.7 Å². The van der Waals surface area contributed by atoms with E-state index in [0.29, 0.717) is 29.7 Å².